The van der Waals surface area contributed by atoms with Crippen LogP contribution >= 0.6 is 0 Å². The molecule has 0 unspecified atom stereocenters. The Labute approximate surface area is 140 Å². The highest BCUT2D eigenvalue weighted by Crippen LogP contribution is 2.25. The Morgan fingerprint density at radius 3 is 2.39 bits per heavy atom. The first-order chi connectivity index (χ1) is 11.2. The van der Waals surface area contributed by atoms with Gasteiger partial charge in [-0.1, -0.05) is 19.3 Å². The predicted molar refractivity (Wildman–Crippen MR) is 91.3 cm³/mol. The van der Waals surface area contributed by atoms with Gasteiger partial charge in [0.05, 0.1) is 0 Å². The van der Waals surface area contributed by atoms with Gasteiger partial charge in [-0.25, -0.2) is 4.79 Å². The summed E-state index contributed by atoms with van der Waals surface area (Å²) in [5.41, 5.74) is 0. The van der Waals surface area contributed by atoms with E-state index in [4.69, 9.17) is 0 Å². The van der Waals surface area contributed by atoms with Crippen molar-refractivity contribution in [2.45, 2.75) is 57.4 Å². The van der Waals surface area contributed by atoms with Gasteiger partial charge in [0, 0.05) is 38.2 Å². The van der Waals surface area contributed by atoms with E-state index in [1.165, 1.54) is 45.2 Å². The van der Waals surface area contributed by atoms with E-state index in [2.05, 4.69) is 10.2 Å². The van der Waals surface area contributed by atoms with Gasteiger partial charge < -0.3 is 20.2 Å². The summed E-state index contributed by atoms with van der Waals surface area (Å²) in [6.45, 7) is 5.26. The lowest BCUT2D eigenvalue weighted by atomic mass is 9.89. The summed E-state index contributed by atoms with van der Waals surface area (Å²) in [6, 6.07) is 0.462. The second kappa shape index (κ2) is 8.34. The third-order valence-corrected chi connectivity index (χ3v) is 5.82. The molecular weight excluding hydrogens is 290 g/mol. The maximum Gasteiger partial charge on any atom is 0.317 e. The molecule has 5 nitrogen and oxygen atoms in total. The van der Waals surface area contributed by atoms with Gasteiger partial charge in [-0.2, -0.15) is 0 Å². The number of hydrogen-bond acceptors (Lipinski definition) is 3. The van der Waals surface area contributed by atoms with Gasteiger partial charge in [0.25, 0.3) is 0 Å². The summed E-state index contributed by atoms with van der Waals surface area (Å²) < 4.78 is 0. The number of hydrogen-bond donors (Lipinski definition) is 2. The van der Waals surface area contributed by atoms with Gasteiger partial charge in [-0.3, -0.25) is 0 Å². The molecule has 1 saturated carbocycles. The van der Waals surface area contributed by atoms with Crippen molar-refractivity contribution in [1.82, 2.24) is 15.1 Å². The fraction of sp³-hybridized carbons (Fsp3) is 0.944. The molecule has 2 heterocycles. The number of carbonyl (C=O) groups is 1. The van der Waals surface area contributed by atoms with Crippen molar-refractivity contribution in [2.24, 2.45) is 11.8 Å². The minimum Gasteiger partial charge on any atom is -0.396 e. The minimum absolute atomic E-state index is 0.0986. The highest BCUT2D eigenvalue weighted by molar-refractivity contribution is 5.74. The highest BCUT2D eigenvalue weighted by Gasteiger charge is 2.32. The van der Waals surface area contributed by atoms with Crippen molar-refractivity contribution in [2.75, 3.05) is 39.3 Å². The number of amides is 2. The topological polar surface area (TPSA) is 55.8 Å². The zero-order chi connectivity index (χ0) is 16.1. The first-order valence-corrected chi connectivity index (χ1v) is 9.63. The monoisotopic (exact) mass is 323 g/mol. The van der Waals surface area contributed by atoms with Crippen LogP contribution in [0, 0.1) is 11.8 Å². The Morgan fingerprint density at radius 2 is 1.70 bits per heavy atom. The number of nitrogens with one attached hydrogen (secondary N) is 1. The molecule has 0 radical (unpaired) electrons. The van der Waals surface area contributed by atoms with E-state index in [0.717, 1.165) is 32.4 Å². The lowest BCUT2D eigenvalue weighted by Crippen LogP contribution is -2.53. The Balaban J connectivity index is 1.52. The Kier molecular flexibility index (Phi) is 6.17. The normalized spacial score (nSPS) is 30.6. The number of rotatable bonds is 4. The molecule has 132 valence electrons. The lowest BCUT2D eigenvalue weighted by molar-refractivity contribution is 0.0840. The summed E-state index contributed by atoms with van der Waals surface area (Å²) in [5, 5.41) is 12.9. The van der Waals surface area contributed by atoms with Crippen molar-refractivity contribution < 1.29 is 9.90 Å². The van der Waals surface area contributed by atoms with Crippen LogP contribution in [0.4, 0.5) is 4.79 Å². The average molecular weight is 323 g/mol. The molecule has 2 N–H and O–H groups in total. The number of carbonyl (C=O) groups excluding carboxylic acids is 1. The largest absolute Gasteiger partial charge is 0.396 e. The molecule has 1 aliphatic carbocycles. The molecule has 23 heavy (non-hydrogen) atoms. The number of urea groups is 1. The van der Waals surface area contributed by atoms with Crippen LogP contribution in [0.3, 0.4) is 0 Å². The van der Waals surface area contributed by atoms with Gasteiger partial charge in [0.15, 0.2) is 0 Å². The van der Waals surface area contributed by atoms with Crippen LogP contribution in [0.2, 0.25) is 0 Å². The molecule has 2 amide bonds. The van der Waals surface area contributed by atoms with Crippen LogP contribution in [0.25, 0.3) is 0 Å². The molecular formula is C18H33N3O2. The third-order valence-electron chi connectivity index (χ3n) is 5.82. The van der Waals surface area contributed by atoms with Gasteiger partial charge in [0.1, 0.15) is 0 Å². The molecule has 0 aromatic heterocycles. The second-order valence-electron chi connectivity index (χ2n) is 7.85. The standard InChI is InChI=1S/C18H33N3O2/c22-14-16-10-15(11-20-8-4-5-9-20)12-21(13-16)18(23)19-17-6-2-1-3-7-17/h15-17,22H,1-14H2,(H,19,23)/t15-,16+/m0/s1. The van der Waals surface area contributed by atoms with Crippen molar-refractivity contribution in [3.05, 3.63) is 0 Å². The molecule has 3 fully saturated rings. The smallest absolute Gasteiger partial charge is 0.317 e. The van der Waals surface area contributed by atoms with E-state index < -0.39 is 0 Å². The van der Waals surface area contributed by atoms with E-state index >= 15 is 0 Å². The molecule has 3 aliphatic rings. The zero-order valence-electron chi connectivity index (χ0n) is 14.4. The van der Waals surface area contributed by atoms with Crippen molar-refractivity contribution in [1.29, 1.82) is 0 Å². The van der Waals surface area contributed by atoms with Crippen LogP contribution in [0.15, 0.2) is 0 Å². The number of likely N-dealkylation sites (tertiary alicyclic amines) is 2. The van der Waals surface area contributed by atoms with Crippen LogP contribution in [0.5, 0.6) is 0 Å². The third kappa shape index (κ3) is 4.83. The predicted octanol–water partition coefficient (Wildman–Crippen LogP) is 2.05. The van der Waals surface area contributed by atoms with Crippen LogP contribution in [-0.4, -0.2) is 66.3 Å². The maximum absolute atomic E-state index is 12.6. The molecule has 2 atom stereocenters. The van der Waals surface area contributed by atoms with Crippen molar-refractivity contribution in [3.63, 3.8) is 0 Å². The van der Waals surface area contributed by atoms with Crippen LogP contribution in [0.1, 0.15) is 51.4 Å². The van der Waals surface area contributed by atoms with Gasteiger partial charge in [0.2, 0.25) is 0 Å². The Bertz CT molecular complexity index is 378. The number of nitrogens with zero attached hydrogens (tertiary/aromatic N) is 2. The lowest BCUT2D eigenvalue weighted by Gasteiger charge is -2.39. The first-order valence-electron chi connectivity index (χ1n) is 9.63. The Morgan fingerprint density at radius 1 is 1.00 bits per heavy atom. The van der Waals surface area contributed by atoms with Crippen LogP contribution in [-0.2, 0) is 0 Å². The zero-order valence-corrected chi connectivity index (χ0v) is 14.4. The molecule has 0 aromatic rings. The molecule has 2 aliphatic heterocycles. The second-order valence-corrected chi connectivity index (χ2v) is 7.85. The quantitative estimate of drug-likeness (QED) is 0.832. The first kappa shape index (κ1) is 17.0. The van der Waals surface area contributed by atoms with Gasteiger partial charge in [-0.15, -0.1) is 0 Å². The maximum atomic E-state index is 12.6. The molecule has 3 rings (SSSR count). The summed E-state index contributed by atoms with van der Waals surface area (Å²) in [6.07, 6.45) is 9.70. The average Bonchev–Trinajstić information content (AvgIpc) is 3.08. The van der Waals surface area contributed by atoms with Gasteiger partial charge >= 0.3 is 6.03 Å². The molecule has 0 bridgehead atoms. The van der Waals surface area contributed by atoms with Gasteiger partial charge in [-0.05, 0) is 51.1 Å². The number of aliphatic hydroxyl groups is 1. The van der Waals surface area contributed by atoms with E-state index in [0.29, 0.717) is 18.5 Å². The fourth-order valence-electron chi connectivity index (χ4n) is 4.59. The van der Waals surface area contributed by atoms with E-state index in [-0.39, 0.29) is 18.6 Å². The van der Waals surface area contributed by atoms with Crippen LogP contribution < -0.4 is 5.32 Å². The van der Waals surface area contributed by atoms with Crippen molar-refractivity contribution in [3.8, 4) is 0 Å². The molecule has 5 heteroatoms. The van der Waals surface area contributed by atoms with E-state index in [1.807, 2.05) is 4.90 Å². The Hall–Kier alpha value is -0.810. The highest BCUT2D eigenvalue weighted by atomic mass is 16.3. The molecule has 0 aromatic carbocycles. The van der Waals surface area contributed by atoms with E-state index in [9.17, 15) is 9.90 Å². The summed E-state index contributed by atoms with van der Waals surface area (Å²) in [7, 11) is 0. The van der Waals surface area contributed by atoms with E-state index in [1.54, 1.807) is 0 Å². The summed E-state index contributed by atoms with van der Waals surface area (Å²) in [4.78, 5) is 17.1. The molecule has 0 spiro atoms. The minimum atomic E-state index is 0.0986. The number of piperidine rings is 1. The van der Waals surface area contributed by atoms with Crippen molar-refractivity contribution >= 4 is 6.03 Å². The number of aliphatic hydroxyl groups excluding tert-OH is 1. The SMILES string of the molecule is O=C(NC1CCCCC1)N1C[C@H](CO)C[C@@H](CN2CCCC2)C1. The summed E-state index contributed by atoms with van der Waals surface area (Å²) >= 11 is 0. The fourth-order valence-corrected chi connectivity index (χ4v) is 4.59. The summed E-state index contributed by atoms with van der Waals surface area (Å²) in [5.74, 6) is 0.754. The molecule has 2 saturated heterocycles.